The lowest BCUT2D eigenvalue weighted by Crippen LogP contribution is -2.44. The van der Waals surface area contributed by atoms with Gasteiger partial charge in [-0.15, -0.1) is 0 Å². The van der Waals surface area contributed by atoms with Gasteiger partial charge in [0.1, 0.15) is 0 Å². The van der Waals surface area contributed by atoms with E-state index in [1.54, 1.807) is 25.1 Å². The molecular weight excluding hydrogens is 435 g/mol. The first-order valence-corrected chi connectivity index (χ1v) is 11.0. The summed E-state index contributed by atoms with van der Waals surface area (Å²) in [5.74, 6) is -0.721. The van der Waals surface area contributed by atoms with Gasteiger partial charge in [0.05, 0.1) is 36.3 Å². The van der Waals surface area contributed by atoms with Crippen LogP contribution in [0.4, 0.5) is 18.9 Å². The molecule has 1 heterocycles. The predicted molar refractivity (Wildman–Crippen MR) is 109 cm³/mol. The van der Waals surface area contributed by atoms with Gasteiger partial charge in [-0.25, -0.2) is 17.9 Å². The molecular formula is C20H20F3N3O4S. The van der Waals surface area contributed by atoms with E-state index >= 15 is 0 Å². The molecule has 1 N–H and O–H groups in total. The van der Waals surface area contributed by atoms with Crippen LogP contribution in [0.2, 0.25) is 0 Å². The molecule has 0 fully saturated rings. The number of carbonyl (C=O) groups excluding carboxylic acids is 1. The zero-order valence-corrected chi connectivity index (χ0v) is 17.7. The molecule has 7 nitrogen and oxygen atoms in total. The quantitative estimate of drug-likeness (QED) is 0.572. The average Bonchev–Trinajstić information content (AvgIpc) is 3.13. The number of carbonyl (C=O) groups is 1. The van der Waals surface area contributed by atoms with Gasteiger partial charge in [-0.05, 0) is 36.2 Å². The molecule has 1 aromatic heterocycles. The molecule has 11 heteroatoms. The van der Waals surface area contributed by atoms with Crippen molar-refractivity contribution in [1.29, 1.82) is 0 Å². The van der Waals surface area contributed by atoms with Gasteiger partial charge in [-0.3, -0.25) is 4.72 Å². The van der Waals surface area contributed by atoms with E-state index in [2.05, 4.69) is 9.82 Å². The van der Waals surface area contributed by atoms with Crippen LogP contribution in [0.5, 0.6) is 0 Å². The van der Waals surface area contributed by atoms with E-state index in [4.69, 9.17) is 4.74 Å². The van der Waals surface area contributed by atoms with Gasteiger partial charge in [0, 0.05) is 5.39 Å². The fourth-order valence-corrected chi connectivity index (χ4v) is 4.15. The third-order valence-electron chi connectivity index (χ3n) is 5.00. The molecule has 0 aliphatic carbocycles. The van der Waals surface area contributed by atoms with Crippen molar-refractivity contribution in [1.82, 2.24) is 9.78 Å². The topological polar surface area (TPSA) is 90.3 Å². The predicted octanol–water partition coefficient (Wildman–Crippen LogP) is 3.75. The highest BCUT2D eigenvalue weighted by Crippen LogP contribution is 2.37. The third kappa shape index (κ3) is 4.09. The lowest BCUT2D eigenvalue weighted by molar-refractivity contribution is -0.149. The number of benzene rings is 2. The van der Waals surface area contributed by atoms with Crippen molar-refractivity contribution in [2.75, 3.05) is 18.1 Å². The highest BCUT2D eigenvalue weighted by molar-refractivity contribution is 7.92. The maximum atomic E-state index is 13.0. The average molecular weight is 455 g/mol. The minimum Gasteiger partial charge on any atom is -0.467 e. The lowest BCUT2D eigenvalue weighted by atomic mass is 9.86. The van der Waals surface area contributed by atoms with E-state index in [1.807, 2.05) is 0 Å². The number of nitrogens with one attached hydrogen (secondary N) is 1. The molecule has 1 atom stereocenters. The maximum Gasteiger partial charge on any atom is 0.416 e. The van der Waals surface area contributed by atoms with Crippen LogP contribution in [-0.2, 0) is 31.3 Å². The number of hydrogen-bond acceptors (Lipinski definition) is 5. The van der Waals surface area contributed by atoms with Crippen LogP contribution in [0, 0.1) is 0 Å². The minimum absolute atomic E-state index is 0.117. The van der Waals surface area contributed by atoms with Crippen molar-refractivity contribution in [3.05, 3.63) is 59.8 Å². The third-order valence-corrected chi connectivity index (χ3v) is 5.59. The van der Waals surface area contributed by atoms with Gasteiger partial charge < -0.3 is 4.74 Å². The summed E-state index contributed by atoms with van der Waals surface area (Å²) in [7, 11) is -2.40. The van der Waals surface area contributed by atoms with Crippen molar-refractivity contribution in [2.45, 2.75) is 25.1 Å². The first-order chi connectivity index (χ1) is 14.4. The normalized spacial score (nSPS) is 14.3. The Kier molecular flexibility index (Phi) is 5.74. The summed E-state index contributed by atoms with van der Waals surface area (Å²) in [4.78, 5) is 13.0. The Bertz CT molecular complexity index is 1220. The molecule has 166 valence electrons. The monoisotopic (exact) mass is 455 g/mol. The number of halogens is 3. The Labute approximate surface area is 176 Å². The molecule has 0 radical (unpaired) electrons. The Hall–Kier alpha value is -3.08. The molecule has 0 saturated heterocycles. The van der Waals surface area contributed by atoms with Gasteiger partial charge >= 0.3 is 12.1 Å². The summed E-state index contributed by atoms with van der Waals surface area (Å²) in [6.45, 7) is 1.68. The lowest BCUT2D eigenvalue weighted by Gasteiger charge is -2.32. The second-order valence-corrected chi connectivity index (χ2v) is 8.70. The van der Waals surface area contributed by atoms with Gasteiger partial charge in [-0.2, -0.15) is 18.3 Å². The fourth-order valence-electron chi connectivity index (χ4n) is 3.57. The first kappa shape index (κ1) is 22.6. The summed E-state index contributed by atoms with van der Waals surface area (Å²) in [5.41, 5.74) is -1.50. The Morgan fingerprint density at radius 3 is 2.26 bits per heavy atom. The summed E-state index contributed by atoms with van der Waals surface area (Å²) >= 11 is 0. The van der Waals surface area contributed by atoms with E-state index in [1.165, 1.54) is 30.1 Å². The minimum atomic E-state index is -4.52. The first-order valence-electron chi connectivity index (χ1n) is 9.15. The van der Waals surface area contributed by atoms with Crippen molar-refractivity contribution >= 4 is 32.6 Å². The summed E-state index contributed by atoms with van der Waals surface area (Å²) in [5, 5.41) is 4.72. The van der Waals surface area contributed by atoms with Crippen molar-refractivity contribution in [2.24, 2.45) is 0 Å². The van der Waals surface area contributed by atoms with E-state index in [0.29, 0.717) is 10.9 Å². The number of anilines is 1. The second-order valence-electron chi connectivity index (χ2n) is 6.95. The molecule has 3 rings (SSSR count). The van der Waals surface area contributed by atoms with E-state index in [-0.39, 0.29) is 17.7 Å². The summed E-state index contributed by atoms with van der Waals surface area (Å²) in [6, 6.07) is 8.98. The van der Waals surface area contributed by atoms with Crippen LogP contribution >= 0.6 is 0 Å². The number of esters is 1. The fraction of sp³-hybridized carbons (Fsp3) is 0.300. The van der Waals surface area contributed by atoms with Crippen LogP contribution in [0.3, 0.4) is 0 Å². The van der Waals surface area contributed by atoms with E-state index in [9.17, 15) is 26.4 Å². The van der Waals surface area contributed by atoms with E-state index in [0.717, 1.165) is 18.4 Å². The second kappa shape index (κ2) is 7.88. The largest absolute Gasteiger partial charge is 0.467 e. The number of rotatable bonds is 6. The highest BCUT2D eigenvalue weighted by atomic mass is 32.2. The smallest absolute Gasteiger partial charge is 0.416 e. The summed E-state index contributed by atoms with van der Waals surface area (Å²) in [6.07, 6.45) is -2.02. The summed E-state index contributed by atoms with van der Waals surface area (Å²) < 4.78 is 71.2. The van der Waals surface area contributed by atoms with Gasteiger partial charge in [0.15, 0.2) is 5.54 Å². The number of methoxy groups -OCH3 is 1. The van der Waals surface area contributed by atoms with Crippen LogP contribution in [-0.4, -0.2) is 37.5 Å². The van der Waals surface area contributed by atoms with Gasteiger partial charge in [0.2, 0.25) is 10.0 Å². The number of sulfonamides is 1. The van der Waals surface area contributed by atoms with Crippen molar-refractivity contribution in [3.63, 3.8) is 0 Å². The standard InChI is InChI=1S/C20H20F3N3O4S/c1-4-19(18(27)30-2,13-8-10-14(11-9-13)20(21,22)23)26-17-7-5-6-16(15(17)12-24-26)25-31(3,28)29/h5-12,25H,4H2,1-3H3. The SMILES string of the molecule is CCC(C(=O)OC)(c1ccc(C(F)(F)F)cc1)n1ncc2c(NS(C)(=O)=O)cccc21. The number of alkyl halides is 3. The molecule has 3 aromatic rings. The molecule has 0 spiro atoms. The van der Waals surface area contributed by atoms with Crippen molar-refractivity contribution in [3.8, 4) is 0 Å². The zero-order valence-electron chi connectivity index (χ0n) is 16.9. The van der Waals surface area contributed by atoms with Crippen LogP contribution in [0.1, 0.15) is 24.5 Å². The maximum absolute atomic E-state index is 13.0. The number of nitrogens with zero attached hydrogens (tertiary/aromatic N) is 2. The number of fused-ring (bicyclic) bond motifs is 1. The van der Waals surface area contributed by atoms with Gasteiger partial charge in [-0.1, -0.05) is 25.1 Å². The molecule has 1 unspecified atom stereocenters. The molecule has 0 aliphatic rings. The molecule has 2 aromatic carbocycles. The number of hydrogen-bond donors (Lipinski definition) is 1. The Morgan fingerprint density at radius 2 is 1.74 bits per heavy atom. The molecule has 31 heavy (non-hydrogen) atoms. The van der Waals surface area contributed by atoms with Crippen molar-refractivity contribution < 1.29 is 31.1 Å². The van der Waals surface area contributed by atoms with Crippen LogP contribution < -0.4 is 4.72 Å². The molecule has 0 amide bonds. The van der Waals surface area contributed by atoms with Crippen LogP contribution in [0.25, 0.3) is 10.9 Å². The van der Waals surface area contributed by atoms with Crippen LogP contribution in [0.15, 0.2) is 48.7 Å². The van der Waals surface area contributed by atoms with E-state index < -0.39 is 33.3 Å². The number of aromatic nitrogens is 2. The Balaban J connectivity index is 2.26. The van der Waals surface area contributed by atoms with Gasteiger partial charge in [0.25, 0.3) is 0 Å². The Morgan fingerprint density at radius 1 is 1.13 bits per heavy atom. The zero-order chi connectivity index (χ0) is 23.0. The molecule has 0 saturated carbocycles. The number of ether oxygens (including phenoxy) is 1. The molecule has 0 aliphatic heterocycles. The molecule has 0 bridgehead atoms. The highest BCUT2D eigenvalue weighted by Gasteiger charge is 2.44.